The Hall–Kier alpha value is -2.71. The van der Waals surface area contributed by atoms with Crippen molar-refractivity contribution in [1.82, 2.24) is 9.55 Å². The molecule has 0 unspecified atom stereocenters. The number of nitrogens with zero attached hydrogens (tertiary/aromatic N) is 3. The minimum absolute atomic E-state index is 0.0471. The van der Waals surface area contributed by atoms with Gasteiger partial charge in [0.25, 0.3) is 0 Å². The topological polar surface area (TPSA) is 61.8 Å². The number of benzene rings is 2. The molecular formula is C20H19N3OS. The molecule has 0 aliphatic heterocycles. The van der Waals surface area contributed by atoms with Crippen LogP contribution >= 0.6 is 11.8 Å². The van der Waals surface area contributed by atoms with E-state index in [2.05, 4.69) is 24.0 Å². The Labute approximate surface area is 151 Å². The molecule has 0 fully saturated rings. The summed E-state index contributed by atoms with van der Waals surface area (Å²) in [7, 11) is 1.85. The molecule has 3 rings (SSSR count). The van der Waals surface area contributed by atoms with Crippen molar-refractivity contribution >= 4 is 28.4 Å². The first-order valence-corrected chi connectivity index (χ1v) is 8.94. The minimum atomic E-state index is 0.0471. The Balaban J connectivity index is 1.92. The van der Waals surface area contributed by atoms with Gasteiger partial charge in [0.1, 0.15) is 17.4 Å². The number of aliphatic hydroxyl groups excluding tert-OH is 1. The van der Waals surface area contributed by atoms with Crippen molar-refractivity contribution < 1.29 is 5.11 Å². The molecule has 5 heteroatoms. The van der Waals surface area contributed by atoms with E-state index in [0.29, 0.717) is 11.6 Å². The lowest BCUT2D eigenvalue weighted by Crippen LogP contribution is -2.01. The maximum absolute atomic E-state index is 10.5. The van der Waals surface area contributed by atoms with Gasteiger partial charge in [-0.25, -0.2) is 4.98 Å². The Morgan fingerprint density at radius 1 is 1.24 bits per heavy atom. The number of rotatable bonds is 4. The molecule has 25 heavy (non-hydrogen) atoms. The fraction of sp³-hybridized carbons (Fsp3) is 0.200. The molecule has 126 valence electrons. The molecule has 0 aliphatic rings. The summed E-state index contributed by atoms with van der Waals surface area (Å²) in [6.45, 7) is 4.10. The number of nitriles is 1. The van der Waals surface area contributed by atoms with Crippen molar-refractivity contribution in [3.05, 3.63) is 65.2 Å². The highest BCUT2D eigenvalue weighted by atomic mass is 32.2. The number of fused-ring (bicyclic) bond motifs is 1. The van der Waals surface area contributed by atoms with Gasteiger partial charge in [-0.1, -0.05) is 29.8 Å². The Kier molecular flexibility index (Phi) is 4.82. The van der Waals surface area contributed by atoms with Crippen LogP contribution < -0.4 is 0 Å². The second-order valence-corrected chi connectivity index (χ2v) is 6.99. The summed E-state index contributed by atoms with van der Waals surface area (Å²) >= 11 is 1.52. The molecule has 0 atom stereocenters. The van der Waals surface area contributed by atoms with Gasteiger partial charge in [-0.3, -0.25) is 0 Å². The second-order valence-electron chi connectivity index (χ2n) is 5.97. The van der Waals surface area contributed by atoms with Crippen LogP contribution in [-0.2, 0) is 7.05 Å². The van der Waals surface area contributed by atoms with E-state index >= 15 is 0 Å². The van der Waals surface area contributed by atoms with Gasteiger partial charge in [-0.2, -0.15) is 5.26 Å². The maximum atomic E-state index is 10.5. The zero-order valence-corrected chi connectivity index (χ0v) is 15.3. The monoisotopic (exact) mass is 349 g/mol. The largest absolute Gasteiger partial charge is 0.510 e. The van der Waals surface area contributed by atoms with Crippen molar-refractivity contribution in [2.45, 2.75) is 18.7 Å². The Morgan fingerprint density at radius 2 is 2.00 bits per heavy atom. The number of para-hydroxylation sites is 2. The molecule has 3 aromatic rings. The van der Waals surface area contributed by atoms with E-state index in [4.69, 9.17) is 0 Å². The molecule has 4 nitrogen and oxygen atoms in total. The first-order chi connectivity index (χ1) is 12.0. The second kappa shape index (κ2) is 7.04. The van der Waals surface area contributed by atoms with Gasteiger partial charge in [-0.15, -0.1) is 11.8 Å². The van der Waals surface area contributed by atoms with E-state index < -0.39 is 0 Å². The summed E-state index contributed by atoms with van der Waals surface area (Å²) in [5, 5.41) is 20.1. The number of aryl methyl sites for hydroxylation is 3. The van der Waals surface area contributed by atoms with E-state index in [0.717, 1.165) is 15.9 Å². The lowest BCUT2D eigenvalue weighted by molar-refractivity contribution is 0.420. The average molecular weight is 349 g/mol. The van der Waals surface area contributed by atoms with Crippen molar-refractivity contribution in [1.29, 1.82) is 5.26 Å². The van der Waals surface area contributed by atoms with Crippen LogP contribution in [0.4, 0.5) is 0 Å². The van der Waals surface area contributed by atoms with E-state index in [1.54, 1.807) is 0 Å². The standard InChI is InChI=1S/C20H19N3OS/c1-13-8-9-19(14(2)10-13)25-12-18(24)15(11-21)20-22-16-6-4-5-7-17(16)23(20)3/h4-10,24H,12H2,1-3H3/b18-15-. The van der Waals surface area contributed by atoms with Crippen LogP contribution in [0.15, 0.2) is 53.1 Å². The molecule has 2 aromatic carbocycles. The molecule has 0 amide bonds. The predicted molar refractivity (Wildman–Crippen MR) is 103 cm³/mol. The fourth-order valence-electron chi connectivity index (χ4n) is 2.79. The lowest BCUT2D eigenvalue weighted by atomic mass is 10.2. The number of hydrogen-bond acceptors (Lipinski definition) is 4. The van der Waals surface area contributed by atoms with E-state index in [1.165, 1.54) is 22.9 Å². The number of aromatic nitrogens is 2. The molecule has 0 saturated carbocycles. The van der Waals surface area contributed by atoms with Crippen LogP contribution in [0.5, 0.6) is 0 Å². The molecule has 1 aromatic heterocycles. The molecule has 0 spiro atoms. The fourth-order valence-corrected chi connectivity index (χ4v) is 3.68. The molecular weight excluding hydrogens is 330 g/mol. The molecule has 0 radical (unpaired) electrons. The maximum Gasteiger partial charge on any atom is 0.155 e. The van der Waals surface area contributed by atoms with E-state index in [-0.39, 0.29) is 11.3 Å². The Bertz CT molecular complexity index is 1010. The smallest absolute Gasteiger partial charge is 0.155 e. The summed E-state index contributed by atoms with van der Waals surface area (Å²) in [4.78, 5) is 5.60. The molecule has 0 aliphatic carbocycles. The normalized spacial score (nSPS) is 12.1. The summed E-state index contributed by atoms with van der Waals surface area (Å²) in [6.07, 6.45) is 0. The van der Waals surface area contributed by atoms with Gasteiger partial charge in [0, 0.05) is 11.9 Å². The van der Waals surface area contributed by atoms with Crippen LogP contribution in [0.3, 0.4) is 0 Å². The SMILES string of the molecule is Cc1ccc(SC/C(O)=C(\C#N)c2nc3ccccc3n2C)c(C)c1. The highest BCUT2D eigenvalue weighted by molar-refractivity contribution is 7.99. The number of thioether (sulfide) groups is 1. The summed E-state index contributed by atoms with van der Waals surface area (Å²) < 4.78 is 1.84. The minimum Gasteiger partial charge on any atom is -0.510 e. The first kappa shape index (κ1) is 17.1. The highest BCUT2D eigenvalue weighted by Crippen LogP contribution is 2.28. The number of imidazole rings is 1. The van der Waals surface area contributed by atoms with Crippen LogP contribution in [0, 0.1) is 25.2 Å². The molecule has 0 saturated heterocycles. The predicted octanol–water partition coefficient (Wildman–Crippen LogP) is 4.78. The van der Waals surface area contributed by atoms with Gasteiger partial charge in [0.05, 0.1) is 16.8 Å². The van der Waals surface area contributed by atoms with Crippen LogP contribution in [0.1, 0.15) is 17.0 Å². The van der Waals surface area contributed by atoms with E-state index in [1.807, 2.05) is 54.9 Å². The molecule has 0 bridgehead atoms. The van der Waals surface area contributed by atoms with Crippen molar-refractivity contribution in [3.8, 4) is 6.07 Å². The van der Waals surface area contributed by atoms with Gasteiger partial charge >= 0.3 is 0 Å². The lowest BCUT2D eigenvalue weighted by Gasteiger charge is -2.08. The van der Waals surface area contributed by atoms with Crippen molar-refractivity contribution in [2.75, 3.05) is 5.75 Å². The number of allylic oxidation sites excluding steroid dienone is 1. The summed E-state index contributed by atoms with van der Waals surface area (Å²) in [5.74, 6) is 0.865. The number of aliphatic hydroxyl groups is 1. The third-order valence-electron chi connectivity index (χ3n) is 4.11. The van der Waals surface area contributed by atoms with Crippen LogP contribution in [0.2, 0.25) is 0 Å². The van der Waals surface area contributed by atoms with Crippen LogP contribution in [-0.4, -0.2) is 20.4 Å². The zero-order valence-electron chi connectivity index (χ0n) is 14.4. The third-order valence-corrected chi connectivity index (χ3v) is 5.29. The highest BCUT2D eigenvalue weighted by Gasteiger charge is 2.16. The summed E-state index contributed by atoms with van der Waals surface area (Å²) in [5.41, 5.74) is 4.33. The molecule has 1 N–H and O–H groups in total. The van der Waals surface area contributed by atoms with Crippen molar-refractivity contribution in [2.24, 2.45) is 7.05 Å². The van der Waals surface area contributed by atoms with E-state index in [9.17, 15) is 10.4 Å². The quantitative estimate of drug-likeness (QED) is 0.418. The van der Waals surface area contributed by atoms with Gasteiger partial charge < -0.3 is 9.67 Å². The van der Waals surface area contributed by atoms with Gasteiger partial charge in [0.2, 0.25) is 0 Å². The zero-order chi connectivity index (χ0) is 18.0. The third kappa shape index (κ3) is 3.40. The van der Waals surface area contributed by atoms with Crippen molar-refractivity contribution in [3.63, 3.8) is 0 Å². The van der Waals surface area contributed by atoms with Crippen LogP contribution in [0.25, 0.3) is 16.6 Å². The molecule has 1 heterocycles. The summed E-state index contributed by atoms with van der Waals surface area (Å²) in [6, 6.07) is 16.0. The average Bonchev–Trinajstić information content (AvgIpc) is 2.92. The van der Waals surface area contributed by atoms with Gasteiger partial charge in [0.15, 0.2) is 5.82 Å². The Morgan fingerprint density at radius 3 is 2.68 bits per heavy atom. The first-order valence-electron chi connectivity index (χ1n) is 7.95. The van der Waals surface area contributed by atoms with Gasteiger partial charge in [-0.05, 0) is 37.6 Å². The number of hydrogen-bond donors (Lipinski definition) is 1.